The van der Waals surface area contributed by atoms with E-state index in [0.717, 1.165) is 11.1 Å². The summed E-state index contributed by atoms with van der Waals surface area (Å²) in [6, 6.07) is 13.6. The lowest BCUT2D eigenvalue weighted by atomic mass is 10.0. The van der Waals surface area contributed by atoms with Gasteiger partial charge >= 0.3 is 0 Å². The average molecular weight is 369 g/mol. The summed E-state index contributed by atoms with van der Waals surface area (Å²) in [5, 5.41) is 5.62. The molecule has 0 aliphatic carbocycles. The van der Waals surface area contributed by atoms with Gasteiger partial charge in [0.2, 0.25) is 11.8 Å². The maximum Gasteiger partial charge on any atom is 0.237 e. The number of nitrogens with one attached hydrogen (secondary N) is 2. The molecule has 0 aromatic heterocycles. The Balaban J connectivity index is 1.62. The van der Waals surface area contributed by atoms with Crippen molar-refractivity contribution in [1.82, 2.24) is 15.5 Å². The predicted molar refractivity (Wildman–Crippen MR) is 101 cm³/mol. The molecule has 1 saturated heterocycles. The van der Waals surface area contributed by atoms with Crippen molar-refractivity contribution in [3.63, 3.8) is 0 Å². The number of benzene rings is 2. The smallest absolute Gasteiger partial charge is 0.237 e. The molecule has 0 saturated carbocycles. The number of rotatable bonds is 6. The highest BCUT2D eigenvalue weighted by atomic mass is 19.1. The van der Waals surface area contributed by atoms with Gasteiger partial charge in [0.15, 0.2) is 0 Å². The fraction of sp³-hybridized carbons (Fsp3) is 0.333. The van der Waals surface area contributed by atoms with Crippen molar-refractivity contribution in [3.05, 3.63) is 71.0 Å². The molecule has 1 aliphatic heterocycles. The van der Waals surface area contributed by atoms with Crippen LogP contribution in [0.15, 0.2) is 48.5 Å². The molecule has 0 radical (unpaired) electrons. The van der Waals surface area contributed by atoms with Gasteiger partial charge in [-0.2, -0.15) is 0 Å². The molecule has 142 valence electrons. The summed E-state index contributed by atoms with van der Waals surface area (Å²) in [6.07, 6.45) is 0.0764. The summed E-state index contributed by atoms with van der Waals surface area (Å²) in [5.41, 5.74) is 3.00. The van der Waals surface area contributed by atoms with Crippen LogP contribution in [-0.2, 0) is 22.7 Å². The van der Waals surface area contributed by atoms with Crippen molar-refractivity contribution in [2.24, 2.45) is 0 Å². The van der Waals surface area contributed by atoms with Gasteiger partial charge in [0.05, 0.1) is 12.5 Å². The van der Waals surface area contributed by atoms with Gasteiger partial charge in [-0.1, -0.05) is 36.4 Å². The maximum absolute atomic E-state index is 13.2. The van der Waals surface area contributed by atoms with Gasteiger partial charge in [-0.3, -0.25) is 14.5 Å². The van der Waals surface area contributed by atoms with Crippen LogP contribution in [0.3, 0.4) is 0 Å². The molecule has 0 spiro atoms. The van der Waals surface area contributed by atoms with Gasteiger partial charge in [0.1, 0.15) is 5.82 Å². The van der Waals surface area contributed by atoms with E-state index in [2.05, 4.69) is 10.6 Å². The average Bonchev–Trinajstić information content (AvgIpc) is 2.65. The van der Waals surface area contributed by atoms with E-state index in [1.807, 2.05) is 36.1 Å². The number of amides is 2. The van der Waals surface area contributed by atoms with E-state index < -0.39 is 6.04 Å². The van der Waals surface area contributed by atoms with E-state index in [9.17, 15) is 14.0 Å². The number of nitrogens with zero attached hydrogens (tertiary/aromatic N) is 1. The third kappa shape index (κ3) is 5.14. The first-order valence-electron chi connectivity index (χ1n) is 9.10. The molecule has 2 aromatic rings. The minimum Gasteiger partial charge on any atom is -0.353 e. The minimum atomic E-state index is -0.508. The van der Waals surface area contributed by atoms with Crippen LogP contribution in [-0.4, -0.2) is 35.8 Å². The normalized spacial score (nSPS) is 17.4. The minimum absolute atomic E-state index is 0.0764. The van der Waals surface area contributed by atoms with Gasteiger partial charge in [-0.15, -0.1) is 0 Å². The Morgan fingerprint density at radius 1 is 1.26 bits per heavy atom. The number of halogens is 1. The highest BCUT2D eigenvalue weighted by molar-refractivity contribution is 5.88. The lowest BCUT2D eigenvalue weighted by Gasteiger charge is -2.35. The summed E-state index contributed by atoms with van der Waals surface area (Å²) in [6.45, 7) is 4.18. The maximum atomic E-state index is 13.2. The zero-order chi connectivity index (χ0) is 19.2. The van der Waals surface area contributed by atoms with Crippen molar-refractivity contribution in [2.75, 3.05) is 13.1 Å². The Morgan fingerprint density at radius 3 is 2.85 bits per heavy atom. The lowest BCUT2D eigenvalue weighted by molar-refractivity contribution is -0.134. The highest BCUT2D eigenvalue weighted by Crippen LogP contribution is 2.16. The summed E-state index contributed by atoms with van der Waals surface area (Å²) < 4.78 is 13.2. The summed E-state index contributed by atoms with van der Waals surface area (Å²) in [7, 11) is 0. The molecular weight excluding hydrogens is 345 g/mol. The Labute approximate surface area is 158 Å². The fourth-order valence-corrected chi connectivity index (χ4v) is 3.27. The van der Waals surface area contributed by atoms with Gasteiger partial charge < -0.3 is 10.6 Å². The van der Waals surface area contributed by atoms with Crippen LogP contribution in [0.4, 0.5) is 4.39 Å². The second kappa shape index (κ2) is 8.77. The molecule has 27 heavy (non-hydrogen) atoms. The molecule has 2 amide bonds. The highest BCUT2D eigenvalue weighted by Gasteiger charge is 2.31. The number of hydrogen-bond acceptors (Lipinski definition) is 3. The summed E-state index contributed by atoms with van der Waals surface area (Å²) >= 11 is 0. The van der Waals surface area contributed by atoms with Crippen molar-refractivity contribution in [1.29, 1.82) is 0 Å². The zero-order valence-electron chi connectivity index (χ0n) is 15.4. The standard InChI is InChI=1S/C21H24FN3O2/c1-15-5-2-3-7-17(15)14-25-10-9-23-21(27)19(25)12-20(26)24-13-16-6-4-8-18(22)11-16/h2-8,11,19H,9-10,12-14H2,1H3,(H,23,27)(H,24,26). The first-order valence-corrected chi connectivity index (χ1v) is 9.10. The van der Waals surface area contributed by atoms with Crippen LogP contribution in [0.25, 0.3) is 0 Å². The van der Waals surface area contributed by atoms with E-state index in [0.29, 0.717) is 25.2 Å². The molecule has 6 heteroatoms. The fourth-order valence-electron chi connectivity index (χ4n) is 3.27. The number of carbonyl (C=O) groups is 2. The predicted octanol–water partition coefficient (Wildman–Crippen LogP) is 2.14. The molecule has 2 aromatic carbocycles. The molecule has 1 aliphatic rings. The number of carbonyl (C=O) groups excluding carboxylic acids is 2. The summed E-state index contributed by atoms with van der Waals surface area (Å²) in [4.78, 5) is 26.8. The molecule has 1 heterocycles. The Kier molecular flexibility index (Phi) is 6.19. The largest absolute Gasteiger partial charge is 0.353 e. The van der Waals surface area contributed by atoms with Gasteiger partial charge in [0.25, 0.3) is 0 Å². The Morgan fingerprint density at radius 2 is 2.07 bits per heavy atom. The molecule has 1 unspecified atom stereocenters. The van der Waals surface area contributed by atoms with Crippen LogP contribution < -0.4 is 10.6 Å². The lowest BCUT2D eigenvalue weighted by Crippen LogP contribution is -2.56. The third-order valence-corrected chi connectivity index (χ3v) is 4.83. The van der Waals surface area contributed by atoms with E-state index in [-0.39, 0.29) is 30.6 Å². The molecule has 3 rings (SSSR count). The number of hydrogen-bond donors (Lipinski definition) is 2. The molecule has 1 fully saturated rings. The number of piperazine rings is 1. The first-order chi connectivity index (χ1) is 13.0. The van der Waals surface area contributed by atoms with E-state index in [1.165, 1.54) is 12.1 Å². The monoisotopic (exact) mass is 369 g/mol. The Bertz CT molecular complexity index is 825. The summed E-state index contributed by atoms with van der Waals surface area (Å²) in [5.74, 6) is -0.690. The molecule has 1 atom stereocenters. The van der Waals surface area contributed by atoms with Crippen molar-refractivity contribution in [2.45, 2.75) is 32.5 Å². The quantitative estimate of drug-likeness (QED) is 0.820. The molecular formula is C21H24FN3O2. The van der Waals surface area contributed by atoms with Crippen LogP contribution in [0.1, 0.15) is 23.1 Å². The van der Waals surface area contributed by atoms with E-state index >= 15 is 0 Å². The van der Waals surface area contributed by atoms with Crippen LogP contribution in [0.5, 0.6) is 0 Å². The third-order valence-electron chi connectivity index (χ3n) is 4.83. The van der Waals surface area contributed by atoms with Crippen LogP contribution in [0.2, 0.25) is 0 Å². The molecule has 0 bridgehead atoms. The van der Waals surface area contributed by atoms with Crippen LogP contribution in [0, 0.1) is 12.7 Å². The second-order valence-corrected chi connectivity index (χ2v) is 6.81. The van der Waals surface area contributed by atoms with E-state index in [1.54, 1.807) is 12.1 Å². The number of aryl methyl sites for hydroxylation is 1. The Hall–Kier alpha value is -2.73. The van der Waals surface area contributed by atoms with Crippen LogP contribution >= 0.6 is 0 Å². The second-order valence-electron chi connectivity index (χ2n) is 6.81. The van der Waals surface area contributed by atoms with E-state index in [4.69, 9.17) is 0 Å². The molecule has 2 N–H and O–H groups in total. The van der Waals surface area contributed by atoms with Crippen molar-refractivity contribution >= 4 is 11.8 Å². The van der Waals surface area contributed by atoms with Gasteiger partial charge in [0, 0.05) is 26.2 Å². The van der Waals surface area contributed by atoms with Crippen molar-refractivity contribution < 1.29 is 14.0 Å². The van der Waals surface area contributed by atoms with Crippen molar-refractivity contribution in [3.8, 4) is 0 Å². The topological polar surface area (TPSA) is 61.4 Å². The zero-order valence-corrected chi connectivity index (χ0v) is 15.4. The van der Waals surface area contributed by atoms with Gasteiger partial charge in [-0.05, 0) is 35.7 Å². The first kappa shape index (κ1) is 19.0. The molecule has 5 nitrogen and oxygen atoms in total. The van der Waals surface area contributed by atoms with Gasteiger partial charge in [-0.25, -0.2) is 4.39 Å². The SMILES string of the molecule is Cc1ccccc1CN1CCNC(=O)C1CC(=O)NCc1cccc(F)c1.